The van der Waals surface area contributed by atoms with Crippen molar-refractivity contribution in [3.63, 3.8) is 0 Å². The van der Waals surface area contributed by atoms with E-state index in [1.165, 1.54) is 0 Å². The lowest BCUT2D eigenvalue weighted by Gasteiger charge is -2.19. The van der Waals surface area contributed by atoms with Crippen molar-refractivity contribution in [2.75, 3.05) is 0 Å². The molecule has 3 N–H and O–H groups in total. The summed E-state index contributed by atoms with van der Waals surface area (Å²) in [5, 5.41) is 0.346. The third-order valence-corrected chi connectivity index (χ3v) is 6.41. The van der Waals surface area contributed by atoms with E-state index in [0.717, 1.165) is 5.56 Å². The molecule has 0 aliphatic carbocycles. The Morgan fingerprint density at radius 2 is 1.80 bits per heavy atom. The molecule has 0 saturated carbocycles. The largest absolute Gasteiger partial charge is 0.368 e. The van der Waals surface area contributed by atoms with Gasteiger partial charge in [0.15, 0.2) is 0 Å². The van der Waals surface area contributed by atoms with Crippen molar-refractivity contribution in [1.82, 2.24) is 4.72 Å². The lowest BCUT2D eigenvalue weighted by atomic mass is 10.1. The van der Waals surface area contributed by atoms with Crippen LogP contribution in [0.4, 0.5) is 0 Å². The van der Waals surface area contributed by atoms with Crippen LogP contribution in [0.1, 0.15) is 16.7 Å². The molecule has 0 saturated heterocycles. The molecule has 1 atom stereocenters. The van der Waals surface area contributed by atoms with Crippen molar-refractivity contribution in [2.45, 2.75) is 31.2 Å². The minimum absolute atomic E-state index is 0.0670. The van der Waals surface area contributed by atoms with Crippen molar-refractivity contribution >= 4 is 39.1 Å². The van der Waals surface area contributed by atoms with Gasteiger partial charge in [-0.3, -0.25) is 4.79 Å². The average Bonchev–Trinajstić information content (AvgIpc) is 2.53. The number of primary amides is 1. The third-order valence-electron chi connectivity index (χ3n) is 3.78. The summed E-state index contributed by atoms with van der Waals surface area (Å²) < 4.78 is 28.0. The van der Waals surface area contributed by atoms with Crippen LogP contribution in [0.5, 0.6) is 0 Å². The number of benzene rings is 2. The number of carbonyl (C=O) groups is 1. The lowest BCUT2D eigenvalue weighted by molar-refractivity contribution is -0.119. The van der Waals surface area contributed by atoms with E-state index in [1.54, 1.807) is 44.2 Å². The summed E-state index contributed by atoms with van der Waals surface area (Å²) in [7, 11) is -4.10. The van der Waals surface area contributed by atoms with E-state index < -0.39 is 22.0 Å². The number of hydrogen-bond donors (Lipinski definition) is 2. The van der Waals surface area contributed by atoms with Gasteiger partial charge >= 0.3 is 0 Å². The molecule has 134 valence electrons. The zero-order valence-electron chi connectivity index (χ0n) is 13.7. The highest BCUT2D eigenvalue weighted by Gasteiger charge is 2.29. The Bertz CT molecular complexity index is 874. The molecular formula is C17H18Cl2N2O3S. The van der Waals surface area contributed by atoms with Crippen molar-refractivity contribution in [3.05, 3.63) is 63.1 Å². The fourth-order valence-electron chi connectivity index (χ4n) is 2.43. The standard InChI is InChI=1S/C17H18Cl2N2O3S/c1-10-8-13(18)11(2)16(15(10)19)25(23,24)21-14(17(20)22)9-12-6-4-3-5-7-12/h3-8,14,21H,9H2,1-2H3,(H2,20,22)/t14-/m1/s1. The normalized spacial score (nSPS) is 12.8. The summed E-state index contributed by atoms with van der Waals surface area (Å²) in [6, 6.07) is 9.46. The minimum atomic E-state index is -4.10. The van der Waals surface area contributed by atoms with Crippen molar-refractivity contribution in [2.24, 2.45) is 5.73 Å². The van der Waals surface area contributed by atoms with Crippen LogP contribution in [0, 0.1) is 13.8 Å². The fraction of sp³-hybridized carbons (Fsp3) is 0.235. The highest BCUT2D eigenvalue weighted by atomic mass is 35.5. The van der Waals surface area contributed by atoms with Gasteiger partial charge in [0, 0.05) is 5.02 Å². The van der Waals surface area contributed by atoms with Crippen LogP contribution in [0.2, 0.25) is 10.0 Å². The second kappa shape index (κ2) is 7.74. The van der Waals surface area contributed by atoms with Gasteiger partial charge in [-0.25, -0.2) is 8.42 Å². The molecule has 0 fully saturated rings. The van der Waals surface area contributed by atoms with Crippen LogP contribution in [0.25, 0.3) is 0 Å². The van der Waals surface area contributed by atoms with E-state index >= 15 is 0 Å². The Kier molecular flexibility index (Phi) is 6.11. The quantitative estimate of drug-likeness (QED) is 0.780. The summed E-state index contributed by atoms with van der Waals surface area (Å²) in [4.78, 5) is 11.6. The number of halogens is 2. The average molecular weight is 401 g/mol. The molecule has 2 aromatic rings. The van der Waals surface area contributed by atoms with Crippen molar-refractivity contribution in [3.8, 4) is 0 Å². The second-order valence-electron chi connectivity index (χ2n) is 5.71. The van der Waals surface area contributed by atoms with Crippen LogP contribution in [-0.4, -0.2) is 20.4 Å². The number of rotatable bonds is 6. The molecule has 0 spiro atoms. The molecule has 1 amide bonds. The number of amides is 1. The van der Waals surface area contributed by atoms with Gasteiger partial charge in [-0.15, -0.1) is 0 Å². The molecule has 2 rings (SSSR count). The van der Waals surface area contributed by atoms with Gasteiger partial charge in [0.1, 0.15) is 10.9 Å². The summed E-state index contributed by atoms with van der Waals surface area (Å²) >= 11 is 12.3. The predicted molar refractivity (Wildman–Crippen MR) is 99.4 cm³/mol. The Morgan fingerprint density at radius 3 is 2.36 bits per heavy atom. The van der Waals surface area contributed by atoms with Crippen molar-refractivity contribution in [1.29, 1.82) is 0 Å². The van der Waals surface area contributed by atoms with Gasteiger partial charge in [0.25, 0.3) is 0 Å². The first-order valence-electron chi connectivity index (χ1n) is 7.44. The molecule has 0 heterocycles. The maximum atomic E-state index is 12.8. The Labute approximate surface area is 157 Å². The first-order chi connectivity index (χ1) is 11.6. The van der Waals surface area contributed by atoms with Gasteiger partial charge in [-0.2, -0.15) is 4.72 Å². The highest BCUT2D eigenvalue weighted by molar-refractivity contribution is 7.89. The first-order valence-corrected chi connectivity index (χ1v) is 9.68. The van der Waals surface area contributed by atoms with E-state index in [4.69, 9.17) is 28.9 Å². The number of nitrogens with one attached hydrogen (secondary N) is 1. The number of aryl methyl sites for hydroxylation is 1. The highest BCUT2D eigenvalue weighted by Crippen LogP contribution is 2.33. The zero-order chi connectivity index (χ0) is 18.8. The van der Waals surface area contributed by atoms with Crippen LogP contribution in [0.3, 0.4) is 0 Å². The lowest BCUT2D eigenvalue weighted by Crippen LogP contribution is -2.46. The number of nitrogens with two attached hydrogens (primary N) is 1. The van der Waals surface area contributed by atoms with E-state index in [1.807, 2.05) is 6.07 Å². The Morgan fingerprint density at radius 1 is 1.20 bits per heavy atom. The van der Waals surface area contributed by atoms with Gasteiger partial charge in [-0.1, -0.05) is 53.5 Å². The molecule has 0 unspecified atom stereocenters. The minimum Gasteiger partial charge on any atom is -0.368 e. The molecule has 2 aromatic carbocycles. The number of sulfonamides is 1. The summed E-state index contributed by atoms with van der Waals surface area (Å²) in [5.41, 5.74) is 6.99. The van der Waals surface area contributed by atoms with Gasteiger partial charge in [0.2, 0.25) is 15.9 Å². The second-order valence-corrected chi connectivity index (χ2v) is 8.15. The molecule has 0 aliphatic rings. The van der Waals surface area contributed by atoms with Crippen molar-refractivity contribution < 1.29 is 13.2 Å². The molecule has 5 nitrogen and oxygen atoms in total. The van der Waals surface area contributed by atoms with Gasteiger partial charge in [-0.05, 0) is 43.0 Å². The molecule has 0 bridgehead atoms. The zero-order valence-corrected chi connectivity index (χ0v) is 16.0. The van der Waals surface area contributed by atoms with E-state index in [-0.39, 0.29) is 21.4 Å². The Balaban J connectivity index is 2.41. The number of hydrogen-bond acceptors (Lipinski definition) is 3. The molecule has 0 aromatic heterocycles. The molecule has 25 heavy (non-hydrogen) atoms. The van der Waals surface area contributed by atoms with Crippen LogP contribution >= 0.6 is 23.2 Å². The van der Waals surface area contributed by atoms with Crippen LogP contribution in [0.15, 0.2) is 41.3 Å². The monoisotopic (exact) mass is 400 g/mol. The van der Waals surface area contributed by atoms with E-state index in [0.29, 0.717) is 11.1 Å². The smallest absolute Gasteiger partial charge is 0.243 e. The predicted octanol–water partition coefficient (Wildman–Crippen LogP) is 2.99. The summed E-state index contributed by atoms with van der Waals surface area (Å²) in [6.07, 6.45) is 0.131. The maximum absolute atomic E-state index is 12.8. The van der Waals surface area contributed by atoms with Crippen LogP contribution in [-0.2, 0) is 21.2 Å². The Hall–Kier alpha value is -1.60. The summed E-state index contributed by atoms with van der Waals surface area (Å²) in [5.74, 6) is -0.778. The molecular weight excluding hydrogens is 383 g/mol. The SMILES string of the molecule is Cc1cc(Cl)c(C)c(S(=O)(=O)N[C@H](Cc2ccccc2)C(N)=O)c1Cl. The molecule has 0 radical (unpaired) electrons. The molecule has 8 heteroatoms. The van der Waals surface area contributed by atoms with Crippen LogP contribution < -0.4 is 10.5 Å². The van der Waals surface area contributed by atoms with E-state index in [9.17, 15) is 13.2 Å². The molecule has 0 aliphatic heterocycles. The summed E-state index contributed by atoms with van der Waals surface area (Å²) in [6.45, 7) is 3.21. The van der Waals surface area contributed by atoms with Gasteiger partial charge < -0.3 is 5.73 Å². The van der Waals surface area contributed by atoms with Gasteiger partial charge in [0.05, 0.1) is 5.02 Å². The van der Waals surface area contributed by atoms with E-state index in [2.05, 4.69) is 4.72 Å². The number of carbonyl (C=O) groups excluding carboxylic acids is 1. The topological polar surface area (TPSA) is 89.3 Å². The fourth-order valence-corrected chi connectivity index (χ4v) is 4.85. The maximum Gasteiger partial charge on any atom is 0.243 e. The third kappa shape index (κ3) is 4.52. The first kappa shape index (κ1) is 19.7.